The number of para-hydroxylation sites is 2. The van der Waals surface area contributed by atoms with Crippen molar-refractivity contribution in [2.45, 2.75) is 121 Å². The number of carbonyl (C=O) groups is 8. The van der Waals surface area contributed by atoms with Gasteiger partial charge in [-0.3, -0.25) is 43.3 Å². The minimum atomic E-state index is -1.67. The summed E-state index contributed by atoms with van der Waals surface area (Å²) in [6, 6.07) is 18.1. The van der Waals surface area contributed by atoms with Gasteiger partial charge < -0.3 is 73.8 Å². The van der Waals surface area contributed by atoms with Crippen molar-refractivity contribution in [1.82, 2.24) is 52.1 Å². The fourth-order valence-corrected chi connectivity index (χ4v) is 10.5. The highest BCUT2D eigenvalue weighted by molar-refractivity contribution is 6.30. The van der Waals surface area contributed by atoms with E-state index in [9.17, 15) is 48.6 Å². The van der Waals surface area contributed by atoms with E-state index in [2.05, 4.69) is 52.2 Å². The number of fused-ring (bicyclic) bond motifs is 2. The Hall–Kier alpha value is -8.96. The van der Waals surface area contributed by atoms with Crippen molar-refractivity contribution in [3.05, 3.63) is 137 Å². The van der Waals surface area contributed by atoms with E-state index in [1.54, 1.807) is 43.6 Å². The summed E-state index contributed by atoms with van der Waals surface area (Å²) in [5, 5.41) is 42.2. The van der Waals surface area contributed by atoms with Gasteiger partial charge in [0.25, 0.3) is 0 Å². The Morgan fingerprint density at radius 3 is 1.73 bits per heavy atom. The third-order valence-corrected chi connectivity index (χ3v) is 14.9. The molecular weight excluding hydrogens is 1110 g/mol. The number of hydrogen-bond acceptors (Lipinski definition) is 11. The number of H-pyrrole nitrogens is 2. The van der Waals surface area contributed by atoms with E-state index >= 15 is 0 Å². The molecule has 15 N–H and O–H groups in total. The number of guanidine groups is 1. The summed E-state index contributed by atoms with van der Waals surface area (Å²) in [5.74, 6) is -5.90. The molecule has 7 rings (SSSR count). The number of rotatable bonds is 29. The number of phenolic OH excluding ortho intramolecular Hbond substituents is 1. The number of amides is 8. The van der Waals surface area contributed by atoms with E-state index in [0.717, 1.165) is 21.8 Å². The molecular formula is C61H76ClN13O10. The summed E-state index contributed by atoms with van der Waals surface area (Å²) in [5.41, 5.74) is 15.1. The molecule has 452 valence electrons. The van der Waals surface area contributed by atoms with Crippen LogP contribution in [-0.4, -0.2) is 147 Å². The van der Waals surface area contributed by atoms with Crippen LogP contribution in [-0.2, 0) is 64.0 Å². The molecule has 23 nitrogen and oxygen atoms in total. The van der Waals surface area contributed by atoms with Crippen LogP contribution in [0.15, 0.2) is 114 Å². The van der Waals surface area contributed by atoms with Crippen LogP contribution in [0, 0.1) is 5.92 Å². The fraction of sp³-hybridized carbons (Fsp3) is 0.393. The van der Waals surface area contributed by atoms with E-state index in [1.807, 2.05) is 62.4 Å². The highest BCUT2D eigenvalue weighted by Crippen LogP contribution is 2.24. The van der Waals surface area contributed by atoms with Crippen LogP contribution in [0.1, 0.15) is 75.1 Å². The average molecular weight is 1190 g/mol. The zero-order valence-electron chi connectivity index (χ0n) is 47.8. The van der Waals surface area contributed by atoms with Crippen LogP contribution in [0.5, 0.6) is 5.75 Å². The van der Waals surface area contributed by atoms with E-state index in [-0.39, 0.29) is 81.6 Å². The SMILES string of the molecule is CCNC(=O)[C@H]1CCCN1C(=O)[C@H](CCCN=C(N)N)NC(=O)[C@H](CC(C)C)NC(=O)[C@@H](Cc1c[nH]c2ccccc12)NC(=O)[C@H](Cc1ccc(O)cc1)NC(=O)[C@H](CO)NC(=O)[C@H](Cc1c[nH]c2ccccc12)NC(=O)Cc1ccc(Cl)cc1. The van der Waals surface area contributed by atoms with Crippen molar-refractivity contribution in [2.24, 2.45) is 22.4 Å². The van der Waals surface area contributed by atoms with Gasteiger partial charge >= 0.3 is 0 Å². The number of benzene rings is 4. The maximum absolute atomic E-state index is 15.0. The number of phenols is 1. The first-order valence-corrected chi connectivity index (χ1v) is 28.9. The zero-order chi connectivity index (χ0) is 61.2. The lowest BCUT2D eigenvalue weighted by molar-refractivity contribution is -0.142. The lowest BCUT2D eigenvalue weighted by atomic mass is 9.99. The predicted octanol–water partition coefficient (Wildman–Crippen LogP) is 2.41. The van der Waals surface area contributed by atoms with Crippen LogP contribution in [0.4, 0.5) is 0 Å². The maximum atomic E-state index is 15.0. The number of aliphatic hydroxyl groups excluding tert-OH is 1. The summed E-state index contributed by atoms with van der Waals surface area (Å²) in [6.07, 6.45) is 4.38. The summed E-state index contributed by atoms with van der Waals surface area (Å²) in [7, 11) is 0. The van der Waals surface area contributed by atoms with Gasteiger partial charge in [0, 0.05) is 78.1 Å². The highest BCUT2D eigenvalue weighted by atomic mass is 35.5. The molecule has 6 aromatic rings. The van der Waals surface area contributed by atoms with E-state index in [1.165, 1.54) is 29.2 Å². The van der Waals surface area contributed by atoms with Crippen LogP contribution in [0.3, 0.4) is 0 Å². The number of nitrogens with one attached hydrogen (secondary N) is 9. The van der Waals surface area contributed by atoms with Crippen LogP contribution in [0.2, 0.25) is 5.02 Å². The number of aromatic nitrogens is 2. The largest absolute Gasteiger partial charge is 0.508 e. The molecule has 0 aliphatic carbocycles. The Labute approximate surface area is 497 Å². The molecule has 1 aliphatic heterocycles. The van der Waals surface area contributed by atoms with Crippen LogP contribution >= 0.6 is 11.6 Å². The van der Waals surface area contributed by atoms with Gasteiger partial charge in [-0.15, -0.1) is 0 Å². The fourth-order valence-electron chi connectivity index (χ4n) is 10.4. The van der Waals surface area contributed by atoms with Gasteiger partial charge in [-0.05, 0) is 104 Å². The predicted molar refractivity (Wildman–Crippen MR) is 322 cm³/mol. The first-order chi connectivity index (χ1) is 40.8. The number of carbonyl (C=O) groups excluding carboxylic acids is 8. The molecule has 2 aromatic heterocycles. The molecule has 0 radical (unpaired) electrons. The second-order valence-corrected chi connectivity index (χ2v) is 22.0. The Morgan fingerprint density at radius 1 is 0.659 bits per heavy atom. The first kappa shape index (κ1) is 63.6. The van der Waals surface area contributed by atoms with E-state index in [0.29, 0.717) is 46.7 Å². The third-order valence-electron chi connectivity index (χ3n) is 14.7. The molecule has 24 heteroatoms. The third kappa shape index (κ3) is 18.0. The number of aromatic hydroxyl groups is 1. The van der Waals surface area contributed by atoms with Gasteiger partial charge in [0.15, 0.2) is 5.96 Å². The molecule has 1 fully saturated rings. The quantitative estimate of drug-likeness (QED) is 0.0183. The number of aliphatic imine (C=N–C) groups is 1. The highest BCUT2D eigenvalue weighted by Gasteiger charge is 2.39. The Kier molecular flexibility index (Phi) is 22.9. The minimum Gasteiger partial charge on any atom is -0.508 e. The average Bonchev–Trinajstić information content (AvgIpc) is 4.20. The zero-order valence-corrected chi connectivity index (χ0v) is 48.5. The number of likely N-dealkylation sites (N-methyl/N-ethyl adjacent to an activating group) is 1. The molecule has 4 aromatic carbocycles. The van der Waals surface area contributed by atoms with Gasteiger partial charge in [-0.1, -0.05) is 86.1 Å². The van der Waals surface area contributed by atoms with Crippen molar-refractivity contribution < 1.29 is 48.6 Å². The molecule has 0 spiro atoms. The number of nitrogens with two attached hydrogens (primary N) is 2. The molecule has 8 amide bonds. The van der Waals surface area contributed by atoms with E-state index < -0.39 is 90.3 Å². The van der Waals surface area contributed by atoms with E-state index in [4.69, 9.17) is 23.1 Å². The van der Waals surface area contributed by atoms with Crippen LogP contribution in [0.25, 0.3) is 21.8 Å². The van der Waals surface area contributed by atoms with Crippen molar-refractivity contribution in [3.8, 4) is 5.75 Å². The Morgan fingerprint density at radius 2 is 1.16 bits per heavy atom. The normalized spacial score (nSPS) is 15.2. The van der Waals surface area contributed by atoms with Crippen molar-refractivity contribution >= 4 is 86.6 Å². The lowest BCUT2D eigenvalue weighted by Crippen LogP contribution is -2.61. The number of nitrogens with zero attached hydrogens (tertiary/aromatic N) is 2. The van der Waals surface area contributed by atoms with Gasteiger partial charge in [-0.25, -0.2) is 0 Å². The number of aromatic amines is 2. The van der Waals surface area contributed by atoms with Crippen LogP contribution < -0.4 is 48.7 Å². The molecule has 0 saturated carbocycles. The van der Waals surface area contributed by atoms with Gasteiger partial charge in [0.2, 0.25) is 47.3 Å². The Balaban J connectivity index is 1.14. The number of halogens is 1. The summed E-state index contributed by atoms with van der Waals surface area (Å²) in [4.78, 5) is 126. The molecule has 0 unspecified atom stereocenters. The molecule has 85 heavy (non-hydrogen) atoms. The summed E-state index contributed by atoms with van der Waals surface area (Å²) < 4.78 is 0. The molecule has 0 bridgehead atoms. The van der Waals surface area contributed by atoms with Gasteiger partial charge in [0.1, 0.15) is 48.0 Å². The Bertz CT molecular complexity index is 3330. The molecule has 3 heterocycles. The molecule has 1 saturated heterocycles. The van der Waals surface area contributed by atoms with Crippen molar-refractivity contribution in [1.29, 1.82) is 0 Å². The number of aliphatic hydroxyl groups is 1. The number of hydrogen-bond donors (Lipinski definition) is 13. The maximum Gasteiger partial charge on any atom is 0.245 e. The molecule has 1 aliphatic rings. The van der Waals surface area contributed by atoms with Crippen molar-refractivity contribution in [2.75, 3.05) is 26.2 Å². The van der Waals surface area contributed by atoms with Gasteiger partial charge in [-0.2, -0.15) is 0 Å². The number of likely N-dealkylation sites (tertiary alicyclic amines) is 1. The topological polar surface area (TPSA) is 360 Å². The second-order valence-electron chi connectivity index (χ2n) is 21.6. The minimum absolute atomic E-state index is 0.0228. The summed E-state index contributed by atoms with van der Waals surface area (Å²) in [6.45, 7) is 5.31. The first-order valence-electron chi connectivity index (χ1n) is 28.5. The standard InChI is InChI=1S/C61H76ClN13O10/c1-4-65-59(84)52-16-10-26-75(52)60(85)46(15-9-25-66-61(63)64)70-54(79)47(27-35(2)3)71-57(82)50(31-39-33-68-45-14-8-6-12-43(39)45)73-55(80)48(28-36-19-23-41(77)24-20-36)72-58(83)51(34-76)74-56(81)49(30-38-32-67-44-13-7-5-11-42(38)44)69-53(78)29-37-17-21-40(62)22-18-37/h5-8,11-14,17-24,32-33,35,46-52,67-68,76-77H,4,9-10,15-16,25-31,34H2,1-3H3,(H,65,84)(H,69,78)(H,70,79)(H,71,82)(H,72,83)(H,73,80)(H,74,81)(H4,63,64,66)/t46-,47-,48-,49-,50+,51-,52+/m0/s1. The monoisotopic (exact) mass is 1190 g/mol. The lowest BCUT2D eigenvalue weighted by Gasteiger charge is -2.30. The smallest absolute Gasteiger partial charge is 0.245 e. The second kappa shape index (κ2) is 30.5. The van der Waals surface area contributed by atoms with Crippen molar-refractivity contribution in [3.63, 3.8) is 0 Å². The van der Waals surface area contributed by atoms with Gasteiger partial charge in [0.05, 0.1) is 13.0 Å². The summed E-state index contributed by atoms with van der Waals surface area (Å²) >= 11 is 6.08. The molecule has 7 atom stereocenters.